The molecule has 10 heteroatoms. The minimum absolute atomic E-state index is 0.110. The third-order valence-electron chi connectivity index (χ3n) is 4.79. The van der Waals surface area contributed by atoms with Crippen molar-refractivity contribution in [3.8, 4) is 5.75 Å². The Morgan fingerprint density at radius 3 is 2.36 bits per heavy atom. The molecule has 0 bridgehead atoms. The molecule has 1 aromatic heterocycles. The number of likely N-dealkylation sites (N-methyl/N-ethyl adjacent to an activating group) is 1. The smallest absolute Gasteiger partial charge is 0.320 e. The summed E-state index contributed by atoms with van der Waals surface area (Å²) in [6, 6.07) is 12.4. The van der Waals surface area contributed by atoms with E-state index in [0.29, 0.717) is 24.5 Å². The van der Waals surface area contributed by atoms with Crippen LogP contribution in [0, 0.1) is 5.82 Å². The molecular formula is C23H26FN5O4. The molecule has 0 atom stereocenters. The maximum Gasteiger partial charge on any atom is 0.320 e. The monoisotopic (exact) mass is 455 g/mol. The number of para-hydroxylation sites is 1. The van der Waals surface area contributed by atoms with E-state index in [1.807, 2.05) is 13.8 Å². The molecule has 0 aliphatic rings. The fourth-order valence-electron chi connectivity index (χ4n) is 3.06. The van der Waals surface area contributed by atoms with Crippen LogP contribution >= 0.6 is 0 Å². The van der Waals surface area contributed by atoms with Gasteiger partial charge in [-0.15, -0.1) is 5.10 Å². The zero-order valence-electron chi connectivity index (χ0n) is 18.9. The highest BCUT2D eigenvalue weighted by Crippen LogP contribution is 2.23. The summed E-state index contributed by atoms with van der Waals surface area (Å²) in [6.45, 7) is 8.45. The van der Waals surface area contributed by atoms with Gasteiger partial charge in [-0.1, -0.05) is 17.2 Å². The van der Waals surface area contributed by atoms with Crippen molar-refractivity contribution in [2.75, 3.05) is 23.7 Å². The molecule has 33 heavy (non-hydrogen) atoms. The average molecular weight is 455 g/mol. The Balaban J connectivity index is 1.61. The van der Waals surface area contributed by atoms with E-state index >= 15 is 0 Å². The summed E-state index contributed by atoms with van der Waals surface area (Å²) in [5.41, 5.74) is -0.435. The van der Waals surface area contributed by atoms with E-state index in [4.69, 9.17) is 9.15 Å². The molecule has 9 nitrogen and oxygen atoms in total. The van der Waals surface area contributed by atoms with Crippen molar-refractivity contribution < 1.29 is 23.1 Å². The van der Waals surface area contributed by atoms with Crippen molar-refractivity contribution in [3.63, 3.8) is 0 Å². The Morgan fingerprint density at radius 1 is 1.06 bits per heavy atom. The molecule has 3 rings (SSSR count). The molecule has 2 aromatic carbocycles. The standard InChI is InChI=1S/C23H26FN5O4/c1-5-29(6-2)21(31)23(3,4)33-16-13-11-15(12-14-16)25-19(30)20-27-28-22(32-20)26-18-10-8-7-9-17(18)24/h7-14H,5-6H2,1-4H3,(H,25,30)(H,26,28). The maximum atomic E-state index is 13.7. The average Bonchev–Trinajstić information content (AvgIpc) is 3.26. The first kappa shape index (κ1) is 23.7. The summed E-state index contributed by atoms with van der Waals surface area (Å²) < 4.78 is 24.9. The molecule has 0 aliphatic carbocycles. The van der Waals surface area contributed by atoms with Crippen molar-refractivity contribution in [2.45, 2.75) is 33.3 Å². The molecule has 3 aromatic rings. The van der Waals surface area contributed by atoms with Gasteiger partial charge in [-0.3, -0.25) is 9.59 Å². The van der Waals surface area contributed by atoms with Crippen LogP contribution in [0.1, 0.15) is 38.4 Å². The van der Waals surface area contributed by atoms with Crippen LogP contribution in [-0.2, 0) is 4.79 Å². The molecular weight excluding hydrogens is 429 g/mol. The van der Waals surface area contributed by atoms with Gasteiger partial charge in [0, 0.05) is 18.8 Å². The van der Waals surface area contributed by atoms with Gasteiger partial charge in [-0.05, 0) is 64.1 Å². The minimum Gasteiger partial charge on any atom is -0.478 e. The van der Waals surface area contributed by atoms with Crippen LogP contribution in [0.2, 0.25) is 0 Å². The second-order valence-corrected chi connectivity index (χ2v) is 7.59. The second-order valence-electron chi connectivity index (χ2n) is 7.59. The number of carbonyl (C=O) groups is 2. The summed E-state index contributed by atoms with van der Waals surface area (Å²) in [7, 11) is 0. The summed E-state index contributed by atoms with van der Waals surface area (Å²) >= 11 is 0. The third-order valence-corrected chi connectivity index (χ3v) is 4.79. The number of hydrogen-bond acceptors (Lipinski definition) is 7. The number of nitrogens with zero attached hydrogens (tertiary/aromatic N) is 3. The van der Waals surface area contributed by atoms with Crippen molar-refractivity contribution in [1.82, 2.24) is 15.1 Å². The highest BCUT2D eigenvalue weighted by Gasteiger charge is 2.33. The molecule has 0 spiro atoms. The molecule has 0 saturated heterocycles. The lowest BCUT2D eigenvalue weighted by atomic mass is 10.1. The Morgan fingerprint density at radius 2 is 1.73 bits per heavy atom. The fraction of sp³-hybridized carbons (Fsp3) is 0.304. The molecule has 0 saturated carbocycles. The van der Waals surface area contributed by atoms with E-state index in [0.717, 1.165) is 0 Å². The Labute approximate surface area is 190 Å². The number of anilines is 3. The number of benzene rings is 2. The van der Waals surface area contributed by atoms with E-state index in [2.05, 4.69) is 20.8 Å². The van der Waals surface area contributed by atoms with Gasteiger partial charge in [0.1, 0.15) is 11.6 Å². The van der Waals surface area contributed by atoms with Crippen LogP contribution in [0.15, 0.2) is 52.9 Å². The highest BCUT2D eigenvalue weighted by atomic mass is 19.1. The summed E-state index contributed by atoms with van der Waals surface area (Å²) in [6.07, 6.45) is 0. The second kappa shape index (κ2) is 10.1. The van der Waals surface area contributed by atoms with Crippen molar-refractivity contribution in [2.24, 2.45) is 0 Å². The van der Waals surface area contributed by atoms with E-state index in [1.54, 1.807) is 55.1 Å². The molecule has 0 fully saturated rings. The number of ether oxygens (including phenoxy) is 1. The maximum absolute atomic E-state index is 13.7. The van der Waals surface area contributed by atoms with E-state index in [1.165, 1.54) is 12.1 Å². The quantitative estimate of drug-likeness (QED) is 0.497. The first-order valence-electron chi connectivity index (χ1n) is 10.5. The number of halogens is 1. The van der Waals surface area contributed by atoms with Gasteiger partial charge in [0.25, 0.3) is 5.91 Å². The zero-order chi connectivity index (χ0) is 24.0. The summed E-state index contributed by atoms with van der Waals surface area (Å²) in [5, 5.41) is 12.6. The van der Waals surface area contributed by atoms with Crippen LogP contribution in [0.25, 0.3) is 0 Å². The van der Waals surface area contributed by atoms with Gasteiger partial charge < -0.3 is 24.7 Å². The topological polar surface area (TPSA) is 110 Å². The molecule has 2 amide bonds. The number of aromatic nitrogens is 2. The normalized spacial score (nSPS) is 11.1. The van der Waals surface area contributed by atoms with Gasteiger partial charge in [0.05, 0.1) is 5.69 Å². The number of hydrogen-bond donors (Lipinski definition) is 2. The van der Waals surface area contributed by atoms with Gasteiger partial charge >= 0.3 is 17.8 Å². The number of carbonyl (C=O) groups excluding carboxylic acids is 2. The first-order chi connectivity index (χ1) is 15.7. The summed E-state index contributed by atoms with van der Waals surface area (Å²) in [5.74, 6) is -1.05. The lowest BCUT2D eigenvalue weighted by molar-refractivity contribution is -0.145. The predicted molar refractivity (Wildman–Crippen MR) is 121 cm³/mol. The lowest BCUT2D eigenvalue weighted by Gasteiger charge is -2.31. The van der Waals surface area contributed by atoms with E-state index in [-0.39, 0.29) is 23.5 Å². The van der Waals surface area contributed by atoms with Crippen molar-refractivity contribution in [3.05, 3.63) is 60.2 Å². The first-order valence-corrected chi connectivity index (χ1v) is 10.5. The van der Waals surface area contributed by atoms with Crippen molar-refractivity contribution in [1.29, 1.82) is 0 Å². The van der Waals surface area contributed by atoms with Crippen LogP contribution in [0.5, 0.6) is 5.75 Å². The number of nitrogens with one attached hydrogen (secondary N) is 2. The third kappa shape index (κ3) is 5.85. The van der Waals surface area contributed by atoms with Gasteiger partial charge in [0.2, 0.25) is 0 Å². The lowest BCUT2D eigenvalue weighted by Crippen LogP contribution is -2.48. The summed E-state index contributed by atoms with van der Waals surface area (Å²) in [4.78, 5) is 26.7. The van der Waals surface area contributed by atoms with Crippen LogP contribution in [0.3, 0.4) is 0 Å². The number of rotatable bonds is 9. The predicted octanol–water partition coefficient (Wildman–Crippen LogP) is 4.23. The zero-order valence-corrected chi connectivity index (χ0v) is 18.9. The molecule has 2 N–H and O–H groups in total. The van der Waals surface area contributed by atoms with Gasteiger partial charge in [0.15, 0.2) is 5.60 Å². The molecule has 1 heterocycles. The Hall–Kier alpha value is -3.95. The number of amides is 2. The van der Waals surface area contributed by atoms with Crippen LogP contribution < -0.4 is 15.4 Å². The Bertz CT molecular complexity index is 1110. The van der Waals surface area contributed by atoms with E-state index in [9.17, 15) is 14.0 Å². The van der Waals surface area contributed by atoms with Gasteiger partial charge in [-0.25, -0.2) is 4.39 Å². The van der Waals surface area contributed by atoms with E-state index < -0.39 is 17.3 Å². The largest absolute Gasteiger partial charge is 0.478 e. The molecule has 174 valence electrons. The minimum atomic E-state index is -1.04. The Kier molecular flexibility index (Phi) is 7.27. The van der Waals surface area contributed by atoms with Crippen LogP contribution in [0.4, 0.5) is 21.8 Å². The molecule has 0 radical (unpaired) electrons. The molecule has 0 unspecified atom stereocenters. The fourth-order valence-corrected chi connectivity index (χ4v) is 3.06. The highest BCUT2D eigenvalue weighted by molar-refractivity contribution is 6.00. The van der Waals surface area contributed by atoms with Crippen molar-refractivity contribution >= 4 is 29.2 Å². The van der Waals surface area contributed by atoms with Gasteiger partial charge in [-0.2, -0.15) is 0 Å². The van der Waals surface area contributed by atoms with Crippen LogP contribution in [-0.4, -0.2) is 45.6 Å². The SMILES string of the molecule is CCN(CC)C(=O)C(C)(C)Oc1ccc(NC(=O)c2nnc(Nc3ccccc3F)o2)cc1. The molecule has 0 aliphatic heterocycles.